The zero-order valence-electron chi connectivity index (χ0n) is 7.90. The van der Waals surface area contributed by atoms with Crippen molar-refractivity contribution >= 4 is 11.3 Å². The maximum atomic E-state index is 4.00. The number of aromatic nitrogens is 2. The lowest BCUT2D eigenvalue weighted by molar-refractivity contribution is 0.821. The molecule has 1 N–H and O–H groups in total. The lowest BCUT2D eigenvalue weighted by Gasteiger charge is -1.94. The van der Waals surface area contributed by atoms with Gasteiger partial charge in [-0.1, -0.05) is 0 Å². The lowest BCUT2D eigenvalue weighted by atomic mass is 10.2. The van der Waals surface area contributed by atoms with E-state index in [9.17, 15) is 0 Å². The van der Waals surface area contributed by atoms with Gasteiger partial charge < -0.3 is 5.32 Å². The predicted molar refractivity (Wildman–Crippen MR) is 58.1 cm³/mol. The Bertz CT molecular complexity index is 397. The van der Waals surface area contributed by atoms with Crippen molar-refractivity contribution in [2.24, 2.45) is 0 Å². The van der Waals surface area contributed by atoms with Gasteiger partial charge in [0.05, 0.1) is 0 Å². The van der Waals surface area contributed by atoms with Crippen LogP contribution in [0.15, 0.2) is 30.2 Å². The Labute approximate surface area is 86.8 Å². The second-order valence-corrected chi connectivity index (χ2v) is 3.89. The van der Waals surface area contributed by atoms with E-state index < -0.39 is 0 Å². The molecule has 0 saturated carbocycles. The first-order valence-corrected chi connectivity index (χ1v) is 5.25. The van der Waals surface area contributed by atoms with E-state index in [4.69, 9.17) is 0 Å². The molecule has 14 heavy (non-hydrogen) atoms. The highest BCUT2D eigenvalue weighted by atomic mass is 32.1. The second-order valence-electron chi connectivity index (χ2n) is 2.98. The van der Waals surface area contributed by atoms with Crippen LogP contribution >= 0.6 is 11.3 Å². The van der Waals surface area contributed by atoms with Crippen LogP contribution in [0.2, 0.25) is 0 Å². The minimum Gasteiger partial charge on any atom is -0.316 e. The summed E-state index contributed by atoms with van der Waals surface area (Å²) in [5, 5.41) is 5.28. The summed E-state index contributed by atoms with van der Waals surface area (Å²) in [6.07, 6.45) is 5.22. The molecule has 2 heterocycles. The van der Waals surface area contributed by atoms with E-state index in [1.54, 1.807) is 17.7 Å². The number of nitrogens with one attached hydrogen (secondary N) is 1. The van der Waals surface area contributed by atoms with E-state index in [0.717, 1.165) is 12.1 Å². The van der Waals surface area contributed by atoms with E-state index in [1.807, 2.05) is 19.4 Å². The molecule has 4 heteroatoms. The van der Waals surface area contributed by atoms with Crippen molar-refractivity contribution in [1.29, 1.82) is 0 Å². The van der Waals surface area contributed by atoms with Gasteiger partial charge in [-0.15, -0.1) is 11.3 Å². The minimum atomic E-state index is 0.907. The van der Waals surface area contributed by atoms with Crippen molar-refractivity contribution in [3.05, 3.63) is 35.7 Å². The third kappa shape index (κ3) is 1.97. The second kappa shape index (κ2) is 4.30. The number of hydrogen-bond donors (Lipinski definition) is 1. The van der Waals surface area contributed by atoms with Crippen LogP contribution in [0.5, 0.6) is 0 Å². The molecule has 2 rings (SSSR count). The Morgan fingerprint density at radius 1 is 1.36 bits per heavy atom. The van der Waals surface area contributed by atoms with Gasteiger partial charge in [-0.2, -0.15) is 0 Å². The molecule has 0 saturated heterocycles. The van der Waals surface area contributed by atoms with Gasteiger partial charge in [0, 0.05) is 29.4 Å². The van der Waals surface area contributed by atoms with E-state index in [0.29, 0.717) is 0 Å². The van der Waals surface area contributed by atoms with Gasteiger partial charge in [-0.25, -0.2) is 9.97 Å². The highest BCUT2D eigenvalue weighted by Gasteiger charge is 2.01. The normalized spacial score (nSPS) is 10.4. The number of thiophene rings is 1. The topological polar surface area (TPSA) is 37.8 Å². The van der Waals surface area contributed by atoms with E-state index >= 15 is 0 Å². The quantitative estimate of drug-likeness (QED) is 0.832. The summed E-state index contributed by atoms with van der Waals surface area (Å²) < 4.78 is 0. The highest BCUT2D eigenvalue weighted by Crippen LogP contribution is 2.25. The average Bonchev–Trinajstić information content (AvgIpc) is 2.68. The van der Waals surface area contributed by atoms with Crippen molar-refractivity contribution in [1.82, 2.24) is 15.3 Å². The first-order chi connectivity index (χ1) is 6.90. The van der Waals surface area contributed by atoms with Crippen LogP contribution < -0.4 is 5.32 Å². The molecule has 0 aliphatic heterocycles. The molecule has 2 aromatic rings. The Balaban J connectivity index is 2.25. The van der Waals surface area contributed by atoms with Gasteiger partial charge in [0.2, 0.25) is 0 Å². The molecule has 0 fully saturated rings. The third-order valence-electron chi connectivity index (χ3n) is 1.88. The molecule has 0 unspecified atom stereocenters. The van der Waals surface area contributed by atoms with Crippen LogP contribution in [-0.2, 0) is 6.54 Å². The van der Waals surface area contributed by atoms with Gasteiger partial charge in [0.25, 0.3) is 0 Å². The van der Waals surface area contributed by atoms with Crippen LogP contribution in [0.3, 0.4) is 0 Å². The van der Waals surface area contributed by atoms with Crippen molar-refractivity contribution in [2.75, 3.05) is 7.05 Å². The van der Waals surface area contributed by atoms with Crippen LogP contribution in [0.25, 0.3) is 10.4 Å². The molecule has 0 aliphatic carbocycles. The highest BCUT2D eigenvalue weighted by molar-refractivity contribution is 7.13. The molecule has 72 valence electrons. The Morgan fingerprint density at radius 2 is 2.14 bits per heavy atom. The summed E-state index contributed by atoms with van der Waals surface area (Å²) in [6.45, 7) is 0.907. The summed E-state index contributed by atoms with van der Waals surface area (Å²) >= 11 is 1.72. The molecule has 0 radical (unpaired) electrons. The van der Waals surface area contributed by atoms with Crippen LogP contribution in [0.1, 0.15) is 5.56 Å². The fourth-order valence-electron chi connectivity index (χ4n) is 1.25. The molecule has 0 aromatic carbocycles. The monoisotopic (exact) mass is 205 g/mol. The fraction of sp³-hybridized carbons (Fsp3) is 0.200. The van der Waals surface area contributed by atoms with Crippen molar-refractivity contribution < 1.29 is 0 Å². The molecule has 0 aliphatic rings. The van der Waals surface area contributed by atoms with E-state index in [2.05, 4.69) is 26.7 Å². The molecule has 2 aromatic heterocycles. The molecule has 3 nitrogen and oxygen atoms in total. The predicted octanol–water partition coefficient (Wildman–Crippen LogP) is 1.92. The zero-order chi connectivity index (χ0) is 9.80. The molecule has 0 bridgehead atoms. The summed E-state index contributed by atoms with van der Waals surface area (Å²) in [5.74, 6) is 0. The Morgan fingerprint density at radius 3 is 2.86 bits per heavy atom. The maximum absolute atomic E-state index is 4.00. The largest absolute Gasteiger partial charge is 0.316 e. The maximum Gasteiger partial charge on any atom is 0.115 e. The number of rotatable bonds is 3. The van der Waals surface area contributed by atoms with Crippen molar-refractivity contribution in [2.45, 2.75) is 6.54 Å². The van der Waals surface area contributed by atoms with Crippen LogP contribution in [0.4, 0.5) is 0 Å². The molecule has 0 amide bonds. The van der Waals surface area contributed by atoms with Gasteiger partial charge in [-0.3, -0.25) is 0 Å². The fourth-order valence-corrected chi connectivity index (χ4v) is 2.14. The van der Waals surface area contributed by atoms with Gasteiger partial charge in [0.15, 0.2) is 0 Å². The SMILES string of the molecule is CNCc1csc(-c2cncnc2)c1. The van der Waals surface area contributed by atoms with Crippen LogP contribution in [0, 0.1) is 0 Å². The van der Waals surface area contributed by atoms with E-state index in [-0.39, 0.29) is 0 Å². The van der Waals surface area contributed by atoms with Gasteiger partial charge >= 0.3 is 0 Å². The van der Waals surface area contributed by atoms with Gasteiger partial charge in [-0.05, 0) is 24.1 Å². The molecule has 0 spiro atoms. The molecular weight excluding hydrogens is 194 g/mol. The first kappa shape index (κ1) is 9.30. The van der Waals surface area contributed by atoms with Gasteiger partial charge in [0.1, 0.15) is 6.33 Å². The van der Waals surface area contributed by atoms with Crippen molar-refractivity contribution in [3.63, 3.8) is 0 Å². The smallest absolute Gasteiger partial charge is 0.115 e. The zero-order valence-corrected chi connectivity index (χ0v) is 8.71. The Kier molecular flexibility index (Phi) is 2.86. The molecular formula is C10H11N3S. The Hall–Kier alpha value is -1.26. The summed E-state index contributed by atoms with van der Waals surface area (Å²) in [4.78, 5) is 9.21. The number of nitrogens with zero attached hydrogens (tertiary/aromatic N) is 2. The van der Waals surface area contributed by atoms with Crippen LogP contribution in [-0.4, -0.2) is 17.0 Å². The first-order valence-electron chi connectivity index (χ1n) is 4.37. The molecule has 0 atom stereocenters. The summed E-state index contributed by atoms with van der Waals surface area (Å²) in [6, 6.07) is 2.17. The van der Waals surface area contributed by atoms with E-state index in [1.165, 1.54) is 10.4 Å². The average molecular weight is 205 g/mol. The lowest BCUT2D eigenvalue weighted by Crippen LogP contribution is -2.03. The summed E-state index contributed by atoms with van der Waals surface area (Å²) in [7, 11) is 1.95. The summed E-state index contributed by atoms with van der Waals surface area (Å²) in [5.41, 5.74) is 2.39. The van der Waals surface area contributed by atoms with Crippen molar-refractivity contribution in [3.8, 4) is 10.4 Å². The third-order valence-corrected chi connectivity index (χ3v) is 2.91. The number of hydrogen-bond acceptors (Lipinski definition) is 4. The minimum absolute atomic E-state index is 0.907. The standard InChI is InChI=1S/C10H11N3S/c1-11-3-8-2-10(14-6-8)9-4-12-7-13-5-9/h2,4-7,11H,3H2,1H3.